The maximum Gasteiger partial charge on any atom is 0.0626 e. The highest BCUT2D eigenvalue weighted by Crippen LogP contribution is 2.33. The van der Waals surface area contributed by atoms with Crippen molar-refractivity contribution in [3.8, 4) is 0 Å². The van der Waals surface area contributed by atoms with Gasteiger partial charge in [0.2, 0.25) is 0 Å². The normalized spacial score (nSPS) is 17.7. The molecule has 1 aliphatic carbocycles. The van der Waals surface area contributed by atoms with Gasteiger partial charge >= 0.3 is 0 Å². The first kappa shape index (κ1) is 11.6. The lowest BCUT2D eigenvalue weighted by molar-refractivity contribution is 0.491. The Labute approximate surface area is 98.2 Å². The van der Waals surface area contributed by atoms with Crippen molar-refractivity contribution >= 4 is 0 Å². The van der Waals surface area contributed by atoms with E-state index in [4.69, 9.17) is 0 Å². The smallest absolute Gasteiger partial charge is 0.0626 e. The quantitative estimate of drug-likeness (QED) is 0.797. The van der Waals surface area contributed by atoms with Crippen LogP contribution in [0.2, 0.25) is 0 Å². The van der Waals surface area contributed by atoms with E-state index in [0.717, 1.165) is 18.9 Å². The summed E-state index contributed by atoms with van der Waals surface area (Å²) in [6, 6.07) is 0.671. The van der Waals surface area contributed by atoms with Crippen LogP contribution in [-0.2, 0) is 13.5 Å². The summed E-state index contributed by atoms with van der Waals surface area (Å²) >= 11 is 0. The van der Waals surface area contributed by atoms with E-state index < -0.39 is 0 Å². The summed E-state index contributed by atoms with van der Waals surface area (Å²) in [4.78, 5) is 0. The summed E-state index contributed by atoms with van der Waals surface area (Å²) < 4.78 is 1.90. The molecule has 0 saturated heterocycles. The van der Waals surface area contributed by atoms with E-state index in [1.165, 1.54) is 30.5 Å². The molecule has 3 heteroatoms. The van der Waals surface area contributed by atoms with Gasteiger partial charge in [-0.05, 0) is 44.7 Å². The van der Waals surface area contributed by atoms with Gasteiger partial charge in [-0.2, -0.15) is 5.10 Å². The van der Waals surface area contributed by atoms with Crippen LogP contribution in [0, 0.1) is 12.8 Å². The summed E-state index contributed by atoms with van der Waals surface area (Å²) in [5, 5.41) is 7.96. The number of aromatic nitrogens is 2. The van der Waals surface area contributed by atoms with Crippen LogP contribution in [0.15, 0.2) is 6.20 Å². The molecule has 0 radical (unpaired) electrons. The molecule has 0 bridgehead atoms. The third-order valence-corrected chi connectivity index (χ3v) is 3.39. The second kappa shape index (κ2) is 5.00. The SMILES string of the molecule is Cc1nn(C)cc1CCNC(C)CC1CC1. The van der Waals surface area contributed by atoms with Crippen molar-refractivity contribution < 1.29 is 0 Å². The molecule has 1 unspecified atom stereocenters. The predicted molar refractivity (Wildman–Crippen MR) is 66.5 cm³/mol. The van der Waals surface area contributed by atoms with E-state index in [9.17, 15) is 0 Å². The Morgan fingerprint density at radius 1 is 1.56 bits per heavy atom. The molecule has 1 aromatic rings. The minimum absolute atomic E-state index is 0.671. The van der Waals surface area contributed by atoms with Gasteiger partial charge in [0.15, 0.2) is 0 Å². The summed E-state index contributed by atoms with van der Waals surface area (Å²) in [5.74, 6) is 1.02. The largest absolute Gasteiger partial charge is 0.314 e. The Bertz CT molecular complexity index is 339. The molecule has 1 aromatic heterocycles. The van der Waals surface area contributed by atoms with Gasteiger partial charge in [-0.25, -0.2) is 0 Å². The lowest BCUT2D eigenvalue weighted by Crippen LogP contribution is -2.28. The van der Waals surface area contributed by atoms with E-state index >= 15 is 0 Å². The van der Waals surface area contributed by atoms with Crippen LogP contribution in [0.3, 0.4) is 0 Å². The van der Waals surface area contributed by atoms with Gasteiger partial charge < -0.3 is 5.32 Å². The van der Waals surface area contributed by atoms with Gasteiger partial charge in [0, 0.05) is 19.3 Å². The standard InChI is InChI=1S/C13H23N3/c1-10(8-12-4-5-12)14-7-6-13-9-16(3)15-11(13)2/h9-10,12,14H,4-8H2,1-3H3. The van der Waals surface area contributed by atoms with Crippen molar-refractivity contribution in [2.24, 2.45) is 13.0 Å². The van der Waals surface area contributed by atoms with Crippen molar-refractivity contribution in [3.05, 3.63) is 17.5 Å². The van der Waals surface area contributed by atoms with E-state index in [1.54, 1.807) is 0 Å². The third kappa shape index (κ3) is 3.34. The molecule has 3 nitrogen and oxygen atoms in total. The Balaban J connectivity index is 1.68. The number of aryl methyl sites for hydroxylation is 2. The lowest BCUT2D eigenvalue weighted by Gasteiger charge is -2.12. The number of hydrogen-bond acceptors (Lipinski definition) is 2. The van der Waals surface area contributed by atoms with Gasteiger partial charge in [0.25, 0.3) is 0 Å². The van der Waals surface area contributed by atoms with Crippen molar-refractivity contribution in [2.45, 2.75) is 45.6 Å². The molecule has 1 atom stereocenters. The van der Waals surface area contributed by atoms with Crippen LogP contribution < -0.4 is 5.32 Å². The van der Waals surface area contributed by atoms with E-state index in [-0.39, 0.29) is 0 Å². The van der Waals surface area contributed by atoms with E-state index in [0.29, 0.717) is 6.04 Å². The minimum atomic E-state index is 0.671. The highest BCUT2D eigenvalue weighted by atomic mass is 15.2. The maximum atomic E-state index is 4.36. The summed E-state index contributed by atoms with van der Waals surface area (Å²) in [6.07, 6.45) is 7.48. The second-order valence-corrected chi connectivity index (χ2v) is 5.20. The lowest BCUT2D eigenvalue weighted by atomic mass is 10.1. The summed E-state index contributed by atoms with van der Waals surface area (Å²) in [7, 11) is 1.99. The van der Waals surface area contributed by atoms with Gasteiger partial charge in [-0.3, -0.25) is 4.68 Å². The zero-order valence-corrected chi connectivity index (χ0v) is 10.7. The van der Waals surface area contributed by atoms with Gasteiger partial charge in [0.05, 0.1) is 5.69 Å². The minimum Gasteiger partial charge on any atom is -0.314 e. The molecule has 0 spiro atoms. The van der Waals surface area contributed by atoms with E-state index in [2.05, 4.69) is 30.5 Å². The molecule has 1 aliphatic rings. The highest BCUT2D eigenvalue weighted by molar-refractivity contribution is 5.15. The van der Waals surface area contributed by atoms with Crippen LogP contribution in [0.4, 0.5) is 0 Å². The first-order valence-electron chi connectivity index (χ1n) is 6.37. The average Bonchev–Trinajstić information content (AvgIpc) is 2.94. The Hall–Kier alpha value is -0.830. The Morgan fingerprint density at radius 3 is 2.88 bits per heavy atom. The molecule has 90 valence electrons. The fraction of sp³-hybridized carbons (Fsp3) is 0.769. The molecular formula is C13H23N3. The monoisotopic (exact) mass is 221 g/mol. The molecule has 1 fully saturated rings. The molecule has 2 rings (SSSR count). The van der Waals surface area contributed by atoms with Crippen molar-refractivity contribution in [2.75, 3.05) is 6.54 Å². The van der Waals surface area contributed by atoms with Crippen LogP contribution in [0.5, 0.6) is 0 Å². The molecule has 0 amide bonds. The number of nitrogens with one attached hydrogen (secondary N) is 1. The summed E-state index contributed by atoms with van der Waals surface area (Å²) in [6.45, 7) is 5.46. The molecule has 1 N–H and O–H groups in total. The fourth-order valence-corrected chi connectivity index (χ4v) is 2.28. The van der Waals surface area contributed by atoms with Crippen molar-refractivity contribution in [1.29, 1.82) is 0 Å². The van der Waals surface area contributed by atoms with Gasteiger partial charge in [0.1, 0.15) is 0 Å². The molecule has 0 aliphatic heterocycles. The Morgan fingerprint density at radius 2 is 2.31 bits per heavy atom. The fourth-order valence-electron chi connectivity index (χ4n) is 2.28. The maximum absolute atomic E-state index is 4.36. The number of nitrogens with zero attached hydrogens (tertiary/aromatic N) is 2. The topological polar surface area (TPSA) is 29.9 Å². The molecule has 1 heterocycles. The van der Waals surface area contributed by atoms with Gasteiger partial charge in [-0.15, -0.1) is 0 Å². The van der Waals surface area contributed by atoms with Crippen LogP contribution >= 0.6 is 0 Å². The molecule has 16 heavy (non-hydrogen) atoms. The Kier molecular flexibility index (Phi) is 3.64. The predicted octanol–water partition coefficient (Wildman–Crippen LogP) is 2.05. The van der Waals surface area contributed by atoms with Crippen LogP contribution in [0.1, 0.15) is 37.4 Å². The van der Waals surface area contributed by atoms with E-state index in [1.807, 2.05) is 11.7 Å². The molecule has 1 saturated carbocycles. The number of rotatable bonds is 6. The number of hydrogen-bond donors (Lipinski definition) is 1. The van der Waals surface area contributed by atoms with Crippen molar-refractivity contribution in [1.82, 2.24) is 15.1 Å². The zero-order chi connectivity index (χ0) is 11.5. The van der Waals surface area contributed by atoms with Crippen molar-refractivity contribution in [3.63, 3.8) is 0 Å². The molecular weight excluding hydrogens is 198 g/mol. The molecule has 0 aromatic carbocycles. The second-order valence-electron chi connectivity index (χ2n) is 5.20. The summed E-state index contributed by atoms with van der Waals surface area (Å²) in [5.41, 5.74) is 2.53. The van der Waals surface area contributed by atoms with Gasteiger partial charge in [-0.1, -0.05) is 12.8 Å². The third-order valence-electron chi connectivity index (χ3n) is 3.39. The first-order chi connectivity index (χ1) is 7.65. The average molecular weight is 221 g/mol. The van der Waals surface area contributed by atoms with Crippen LogP contribution in [0.25, 0.3) is 0 Å². The first-order valence-corrected chi connectivity index (χ1v) is 6.37. The van der Waals surface area contributed by atoms with Crippen LogP contribution in [-0.4, -0.2) is 22.4 Å². The zero-order valence-electron chi connectivity index (χ0n) is 10.7. The highest BCUT2D eigenvalue weighted by Gasteiger charge is 2.23.